The van der Waals surface area contributed by atoms with Gasteiger partial charge in [0.25, 0.3) is 0 Å². The summed E-state index contributed by atoms with van der Waals surface area (Å²) in [5.41, 5.74) is 4.65. The Morgan fingerprint density at radius 1 is 1.15 bits per heavy atom. The van der Waals surface area contributed by atoms with Gasteiger partial charge in [0.1, 0.15) is 0 Å². The van der Waals surface area contributed by atoms with Gasteiger partial charge in [0.15, 0.2) is 0 Å². The number of benzene rings is 2. The molecule has 1 aliphatic rings. The maximum atomic E-state index is 5.50. The molecule has 2 nitrogen and oxygen atoms in total. The molecule has 2 aromatic rings. The van der Waals surface area contributed by atoms with Gasteiger partial charge < -0.3 is 4.74 Å². The first-order valence-corrected chi connectivity index (χ1v) is 9.85. The van der Waals surface area contributed by atoms with E-state index >= 15 is 0 Å². The highest BCUT2D eigenvalue weighted by Crippen LogP contribution is 2.50. The van der Waals surface area contributed by atoms with E-state index in [1.807, 2.05) is 6.08 Å². The topological polar surface area (TPSA) is 21.6 Å². The third kappa shape index (κ3) is 2.95. The number of ether oxygens (including phenoxy) is 1. The van der Waals surface area contributed by atoms with Crippen LogP contribution in [0.3, 0.4) is 0 Å². The number of hydrogen-bond donors (Lipinski definition) is 0. The van der Waals surface area contributed by atoms with Gasteiger partial charge in [-0.25, -0.2) is 0 Å². The highest BCUT2D eigenvalue weighted by Gasteiger charge is 2.48. The monoisotopic (exact) mass is 363 g/mol. The molecule has 27 heavy (non-hydrogen) atoms. The standard InChI is InChI=1S/C25H33NO/c1-9-25(7)24(6,14-15-27-8)22-19-13-11-10-12-18(19)21(23(3,4)5)16-20(22)17(2)26-25/h9-13,16H,1,14-15H2,2-8H3. The van der Waals surface area contributed by atoms with Crippen LogP contribution in [0.5, 0.6) is 0 Å². The molecule has 0 spiro atoms. The summed E-state index contributed by atoms with van der Waals surface area (Å²) in [7, 11) is 1.77. The molecule has 1 aliphatic heterocycles. The fourth-order valence-electron chi connectivity index (χ4n) is 4.62. The second kappa shape index (κ2) is 6.60. The molecule has 0 saturated carbocycles. The van der Waals surface area contributed by atoms with Gasteiger partial charge in [-0.1, -0.05) is 58.0 Å². The molecule has 2 heteroatoms. The number of methoxy groups -OCH3 is 1. The van der Waals surface area contributed by atoms with Crippen LogP contribution in [0.25, 0.3) is 10.8 Å². The lowest BCUT2D eigenvalue weighted by Crippen LogP contribution is -2.49. The van der Waals surface area contributed by atoms with Gasteiger partial charge in [0.05, 0.1) is 5.54 Å². The summed E-state index contributed by atoms with van der Waals surface area (Å²) in [5, 5.41) is 2.68. The van der Waals surface area contributed by atoms with Crippen LogP contribution in [0, 0.1) is 0 Å². The summed E-state index contributed by atoms with van der Waals surface area (Å²) in [6.07, 6.45) is 2.91. The fraction of sp³-hybridized carbons (Fsp3) is 0.480. The van der Waals surface area contributed by atoms with Gasteiger partial charge in [-0.15, -0.1) is 6.58 Å². The maximum absolute atomic E-state index is 5.50. The van der Waals surface area contributed by atoms with E-state index in [0.29, 0.717) is 6.61 Å². The van der Waals surface area contributed by atoms with E-state index in [4.69, 9.17) is 9.73 Å². The van der Waals surface area contributed by atoms with Crippen LogP contribution in [-0.4, -0.2) is 25.0 Å². The summed E-state index contributed by atoms with van der Waals surface area (Å²) >= 11 is 0. The van der Waals surface area contributed by atoms with E-state index in [2.05, 4.69) is 78.5 Å². The van der Waals surface area contributed by atoms with Crippen molar-refractivity contribution in [1.29, 1.82) is 0 Å². The molecule has 0 saturated heterocycles. The highest BCUT2D eigenvalue weighted by molar-refractivity contribution is 6.08. The van der Waals surface area contributed by atoms with Crippen molar-refractivity contribution in [3.63, 3.8) is 0 Å². The second-order valence-corrected chi connectivity index (χ2v) is 9.27. The minimum Gasteiger partial charge on any atom is -0.385 e. The van der Waals surface area contributed by atoms with E-state index in [9.17, 15) is 0 Å². The van der Waals surface area contributed by atoms with E-state index in [1.54, 1.807) is 7.11 Å². The Morgan fingerprint density at radius 2 is 1.78 bits per heavy atom. The molecule has 2 unspecified atom stereocenters. The predicted octanol–water partition coefficient (Wildman–Crippen LogP) is 6.20. The average molecular weight is 364 g/mol. The fourth-order valence-corrected chi connectivity index (χ4v) is 4.62. The SMILES string of the molecule is C=CC1(C)N=C(C)c2cc(C(C)(C)C)c3ccccc3c2C1(C)CCOC. The third-order valence-electron chi connectivity index (χ3n) is 6.51. The lowest BCUT2D eigenvalue weighted by atomic mass is 9.60. The lowest BCUT2D eigenvalue weighted by Gasteiger charge is -2.48. The molecule has 0 fully saturated rings. The zero-order valence-corrected chi connectivity index (χ0v) is 17.9. The Balaban J connectivity index is 2.47. The minimum atomic E-state index is -0.366. The normalized spacial score (nSPS) is 25.2. The second-order valence-electron chi connectivity index (χ2n) is 9.27. The van der Waals surface area contributed by atoms with Gasteiger partial charge in [-0.2, -0.15) is 0 Å². The van der Waals surface area contributed by atoms with Crippen molar-refractivity contribution in [2.75, 3.05) is 13.7 Å². The molecule has 0 aliphatic carbocycles. The molecule has 2 aromatic carbocycles. The Kier molecular flexibility index (Phi) is 4.84. The summed E-state index contributed by atoms with van der Waals surface area (Å²) in [6, 6.07) is 11.2. The Hall–Kier alpha value is -1.93. The molecule has 0 radical (unpaired) electrons. The van der Waals surface area contributed by atoms with Crippen LogP contribution in [0.1, 0.15) is 64.7 Å². The largest absolute Gasteiger partial charge is 0.385 e. The van der Waals surface area contributed by atoms with Gasteiger partial charge >= 0.3 is 0 Å². The van der Waals surface area contributed by atoms with E-state index < -0.39 is 0 Å². The van der Waals surface area contributed by atoms with Crippen LogP contribution >= 0.6 is 0 Å². The lowest BCUT2D eigenvalue weighted by molar-refractivity contribution is 0.151. The number of fused-ring (bicyclic) bond motifs is 3. The van der Waals surface area contributed by atoms with Crippen molar-refractivity contribution in [3.05, 3.63) is 59.7 Å². The van der Waals surface area contributed by atoms with E-state index in [1.165, 1.54) is 27.5 Å². The summed E-state index contributed by atoms with van der Waals surface area (Å²) in [5.74, 6) is 0. The minimum absolute atomic E-state index is 0.0665. The first kappa shape index (κ1) is 19.8. The van der Waals surface area contributed by atoms with Crippen molar-refractivity contribution < 1.29 is 4.74 Å². The maximum Gasteiger partial charge on any atom is 0.0855 e. The van der Waals surface area contributed by atoms with Gasteiger partial charge in [-0.05, 0) is 53.6 Å². The van der Waals surface area contributed by atoms with Crippen LogP contribution in [0.15, 0.2) is 48.0 Å². The molecular formula is C25H33NO. The molecule has 0 N–H and O–H groups in total. The quantitative estimate of drug-likeness (QED) is 0.593. The highest BCUT2D eigenvalue weighted by atomic mass is 16.5. The molecule has 144 valence electrons. The van der Waals surface area contributed by atoms with Gasteiger partial charge in [0.2, 0.25) is 0 Å². The zero-order chi connectivity index (χ0) is 20.0. The first-order chi connectivity index (χ1) is 12.6. The van der Waals surface area contributed by atoms with Crippen LogP contribution in [0.4, 0.5) is 0 Å². The number of hydrogen-bond acceptors (Lipinski definition) is 2. The molecule has 3 rings (SSSR count). The van der Waals surface area contributed by atoms with Crippen LogP contribution in [0.2, 0.25) is 0 Å². The Bertz CT molecular complexity index is 918. The number of rotatable bonds is 4. The zero-order valence-electron chi connectivity index (χ0n) is 17.9. The van der Waals surface area contributed by atoms with Crippen molar-refractivity contribution in [2.45, 2.75) is 64.3 Å². The third-order valence-corrected chi connectivity index (χ3v) is 6.51. The van der Waals surface area contributed by atoms with E-state index in [0.717, 1.165) is 12.1 Å². The van der Waals surface area contributed by atoms with Gasteiger partial charge in [-0.3, -0.25) is 4.99 Å². The molecule has 0 amide bonds. The molecule has 1 heterocycles. The number of aliphatic imine (C=N–C) groups is 1. The average Bonchev–Trinajstić information content (AvgIpc) is 2.62. The Labute approximate surface area is 164 Å². The summed E-state index contributed by atoms with van der Waals surface area (Å²) in [6.45, 7) is 18.4. The Morgan fingerprint density at radius 3 is 2.33 bits per heavy atom. The molecular weight excluding hydrogens is 330 g/mol. The first-order valence-electron chi connectivity index (χ1n) is 9.85. The summed E-state index contributed by atoms with van der Waals surface area (Å²) in [4.78, 5) is 5.15. The van der Waals surface area contributed by atoms with Crippen molar-refractivity contribution in [2.24, 2.45) is 4.99 Å². The molecule has 2 atom stereocenters. The van der Waals surface area contributed by atoms with Crippen molar-refractivity contribution in [1.82, 2.24) is 0 Å². The number of nitrogens with zero attached hydrogens (tertiary/aromatic N) is 1. The predicted molar refractivity (Wildman–Crippen MR) is 117 cm³/mol. The smallest absolute Gasteiger partial charge is 0.0855 e. The molecule has 0 bridgehead atoms. The van der Waals surface area contributed by atoms with Crippen molar-refractivity contribution in [3.8, 4) is 0 Å². The molecule has 0 aromatic heterocycles. The van der Waals surface area contributed by atoms with Gasteiger partial charge in [0, 0.05) is 30.4 Å². The summed E-state index contributed by atoms with van der Waals surface area (Å²) < 4.78 is 5.50. The van der Waals surface area contributed by atoms with E-state index in [-0.39, 0.29) is 16.4 Å². The van der Waals surface area contributed by atoms with Crippen LogP contribution < -0.4 is 0 Å². The van der Waals surface area contributed by atoms with Crippen LogP contribution in [-0.2, 0) is 15.6 Å². The van der Waals surface area contributed by atoms with Crippen molar-refractivity contribution >= 4 is 16.5 Å².